The van der Waals surface area contributed by atoms with E-state index < -0.39 is 32.1 Å². The maximum absolute atomic E-state index is 13.4. The predicted octanol–water partition coefficient (Wildman–Crippen LogP) is 0.950. The van der Waals surface area contributed by atoms with Crippen LogP contribution in [0.4, 0.5) is 4.39 Å². The molecule has 0 radical (unpaired) electrons. The van der Waals surface area contributed by atoms with Crippen LogP contribution in [-0.2, 0) is 20.2 Å². The average Bonchev–Trinajstić information content (AvgIpc) is 2.46. The van der Waals surface area contributed by atoms with Gasteiger partial charge in [-0.05, 0) is 17.7 Å². The zero-order chi connectivity index (χ0) is 16.5. The molecule has 0 saturated carbocycles. The number of benzene rings is 2. The molecular formula is C15H14FNO4S. The molecule has 7 heteroatoms. The number of amides is 1. The van der Waals surface area contributed by atoms with Gasteiger partial charge in [0.2, 0.25) is 0 Å². The van der Waals surface area contributed by atoms with Crippen molar-refractivity contribution in [3.05, 3.63) is 65.5 Å². The Morgan fingerprint density at radius 2 is 1.77 bits per heavy atom. The van der Waals surface area contributed by atoms with Crippen LogP contribution in [0.1, 0.15) is 11.1 Å². The normalized spacial score (nSPS) is 14.3. The van der Waals surface area contributed by atoms with E-state index in [9.17, 15) is 22.7 Å². The SMILES string of the molecule is CS(=O)(=O)c1cc(F)ccc1C(O)(C(N)=O)c1ccccc1. The van der Waals surface area contributed by atoms with E-state index >= 15 is 0 Å². The topological polar surface area (TPSA) is 97.5 Å². The number of nitrogens with two attached hydrogens (primary N) is 1. The van der Waals surface area contributed by atoms with Crippen molar-refractivity contribution in [2.45, 2.75) is 10.5 Å². The van der Waals surface area contributed by atoms with Crippen molar-refractivity contribution in [2.24, 2.45) is 5.73 Å². The zero-order valence-electron chi connectivity index (χ0n) is 11.7. The van der Waals surface area contributed by atoms with E-state index in [1.165, 1.54) is 12.1 Å². The molecule has 0 fully saturated rings. The Bertz CT molecular complexity index is 821. The second-order valence-electron chi connectivity index (χ2n) is 4.85. The number of primary amides is 1. The summed E-state index contributed by atoms with van der Waals surface area (Å²) in [4.78, 5) is 11.4. The maximum Gasteiger partial charge on any atom is 0.258 e. The van der Waals surface area contributed by atoms with Gasteiger partial charge in [-0.2, -0.15) is 0 Å². The Hall–Kier alpha value is -2.25. The van der Waals surface area contributed by atoms with E-state index in [2.05, 4.69) is 0 Å². The lowest BCUT2D eigenvalue weighted by Gasteiger charge is -2.27. The van der Waals surface area contributed by atoms with Gasteiger partial charge in [0.15, 0.2) is 15.4 Å². The minimum absolute atomic E-state index is 0.0963. The Morgan fingerprint density at radius 1 is 1.18 bits per heavy atom. The second kappa shape index (κ2) is 5.51. The van der Waals surface area contributed by atoms with E-state index in [0.29, 0.717) is 0 Å². The summed E-state index contributed by atoms with van der Waals surface area (Å²) >= 11 is 0. The molecule has 2 rings (SSSR count). The number of sulfone groups is 1. The van der Waals surface area contributed by atoms with Gasteiger partial charge in [0.25, 0.3) is 5.91 Å². The van der Waals surface area contributed by atoms with E-state index in [-0.39, 0.29) is 11.1 Å². The molecule has 1 unspecified atom stereocenters. The summed E-state index contributed by atoms with van der Waals surface area (Å²) in [5.74, 6) is -1.96. The van der Waals surface area contributed by atoms with Crippen LogP contribution < -0.4 is 5.73 Å². The van der Waals surface area contributed by atoms with Crippen LogP contribution in [0.5, 0.6) is 0 Å². The highest BCUT2D eigenvalue weighted by Crippen LogP contribution is 2.34. The van der Waals surface area contributed by atoms with Crippen LogP contribution in [0.25, 0.3) is 0 Å². The number of hydrogen-bond donors (Lipinski definition) is 2. The summed E-state index contributed by atoms with van der Waals surface area (Å²) < 4.78 is 37.2. The van der Waals surface area contributed by atoms with Gasteiger partial charge in [-0.15, -0.1) is 0 Å². The Balaban J connectivity index is 2.84. The second-order valence-corrected chi connectivity index (χ2v) is 6.84. The predicted molar refractivity (Wildman–Crippen MR) is 78.1 cm³/mol. The summed E-state index contributed by atoms with van der Waals surface area (Å²) in [6.07, 6.45) is 0.859. The molecular weight excluding hydrogens is 309 g/mol. The molecule has 0 aliphatic heterocycles. The highest BCUT2D eigenvalue weighted by molar-refractivity contribution is 7.90. The van der Waals surface area contributed by atoms with Gasteiger partial charge in [-0.1, -0.05) is 36.4 Å². The van der Waals surface area contributed by atoms with E-state index in [1.54, 1.807) is 18.2 Å². The molecule has 0 aromatic heterocycles. The van der Waals surface area contributed by atoms with Crippen LogP contribution in [0.3, 0.4) is 0 Å². The Morgan fingerprint density at radius 3 is 2.27 bits per heavy atom. The molecule has 5 nitrogen and oxygen atoms in total. The third-order valence-corrected chi connectivity index (χ3v) is 4.42. The third kappa shape index (κ3) is 2.72. The quantitative estimate of drug-likeness (QED) is 0.875. The Kier molecular flexibility index (Phi) is 4.04. The number of aliphatic hydroxyl groups is 1. The van der Waals surface area contributed by atoms with Crippen molar-refractivity contribution >= 4 is 15.7 Å². The van der Waals surface area contributed by atoms with Gasteiger partial charge >= 0.3 is 0 Å². The average molecular weight is 323 g/mol. The fraction of sp³-hybridized carbons (Fsp3) is 0.133. The van der Waals surface area contributed by atoms with E-state index in [1.807, 2.05) is 0 Å². The lowest BCUT2D eigenvalue weighted by atomic mass is 9.85. The van der Waals surface area contributed by atoms with Gasteiger partial charge in [0.05, 0.1) is 4.90 Å². The highest BCUT2D eigenvalue weighted by Gasteiger charge is 2.41. The minimum Gasteiger partial charge on any atom is -0.372 e. The number of halogens is 1. The maximum atomic E-state index is 13.4. The van der Waals surface area contributed by atoms with Crippen LogP contribution in [0.15, 0.2) is 53.4 Å². The molecule has 22 heavy (non-hydrogen) atoms. The molecule has 1 atom stereocenters. The number of hydrogen-bond acceptors (Lipinski definition) is 4. The van der Waals surface area contributed by atoms with Gasteiger partial charge in [-0.25, -0.2) is 12.8 Å². The molecule has 0 spiro atoms. The van der Waals surface area contributed by atoms with Gasteiger partial charge in [0.1, 0.15) is 5.82 Å². The smallest absolute Gasteiger partial charge is 0.258 e. The first-order chi connectivity index (χ1) is 10.2. The largest absolute Gasteiger partial charge is 0.372 e. The molecule has 0 aliphatic carbocycles. The minimum atomic E-state index is -3.89. The summed E-state index contributed by atoms with van der Waals surface area (Å²) in [7, 11) is -3.89. The first kappa shape index (κ1) is 16.1. The number of rotatable bonds is 4. The monoisotopic (exact) mass is 323 g/mol. The molecule has 0 heterocycles. The summed E-state index contributed by atoms with van der Waals surface area (Å²) in [6.45, 7) is 0. The first-order valence-electron chi connectivity index (χ1n) is 6.25. The fourth-order valence-corrected chi connectivity index (χ4v) is 3.15. The summed E-state index contributed by atoms with van der Waals surface area (Å²) in [5.41, 5.74) is 2.74. The van der Waals surface area contributed by atoms with E-state index in [4.69, 9.17) is 5.73 Å². The lowest BCUT2D eigenvalue weighted by Crippen LogP contribution is -2.43. The molecule has 1 amide bonds. The molecule has 0 bridgehead atoms. The fourth-order valence-electron chi connectivity index (χ4n) is 2.21. The van der Waals surface area contributed by atoms with Crippen LogP contribution in [0, 0.1) is 5.82 Å². The molecule has 0 aliphatic rings. The van der Waals surface area contributed by atoms with Crippen LogP contribution in [-0.4, -0.2) is 25.7 Å². The molecule has 3 N–H and O–H groups in total. The number of carbonyl (C=O) groups is 1. The standard InChI is InChI=1S/C15H14FNO4S/c1-22(20,21)13-9-11(16)7-8-12(13)15(19,14(17)18)10-5-3-2-4-6-10/h2-9,19H,1H3,(H2,17,18). The van der Waals surface area contributed by atoms with Gasteiger partial charge in [-0.3, -0.25) is 4.79 Å². The summed E-state index contributed by atoms with van der Waals surface area (Å²) in [5, 5.41) is 10.8. The van der Waals surface area contributed by atoms with E-state index in [0.717, 1.165) is 24.5 Å². The molecule has 116 valence electrons. The van der Waals surface area contributed by atoms with Crippen molar-refractivity contribution in [3.63, 3.8) is 0 Å². The zero-order valence-corrected chi connectivity index (χ0v) is 12.5. The molecule has 2 aromatic rings. The van der Waals surface area contributed by atoms with Crippen molar-refractivity contribution in [1.29, 1.82) is 0 Å². The van der Waals surface area contributed by atoms with Crippen molar-refractivity contribution in [3.8, 4) is 0 Å². The third-order valence-electron chi connectivity index (χ3n) is 3.28. The van der Waals surface area contributed by atoms with Crippen molar-refractivity contribution in [2.75, 3.05) is 6.26 Å². The molecule has 0 saturated heterocycles. The Labute approximate surface area is 127 Å². The van der Waals surface area contributed by atoms with Crippen LogP contribution in [0.2, 0.25) is 0 Å². The number of carbonyl (C=O) groups excluding carboxylic acids is 1. The van der Waals surface area contributed by atoms with Crippen molar-refractivity contribution in [1.82, 2.24) is 0 Å². The van der Waals surface area contributed by atoms with Crippen molar-refractivity contribution < 1.29 is 22.7 Å². The van der Waals surface area contributed by atoms with Gasteiger partial charge in [0, 0.05) is 11.8 Å². The van der Waals surface area contributed by atoms with Gasteiger partial charge < -0.3 is 10.8 Å². The molecule has 2 aromatic carbocycles. The highest BCUT2D eigenvalue weighted by atomic mass is 32.2. The lowest BCUT2D eigenvalue weighted by molar-refractivity contribution is -0.133. The first-order valence-corrected chi connectivity index (χ1v) is 8.14. The van der Waals surface area contributed by atoms with Crippen LogP contribution >= 0.6 is 0 Å². The summed E-state index contributed by atoms with van der Waals surface area (Å²) in [6, 6.07) is 10.4.